The van der Waals surface area contributed by atoms with Crippen molar-refractivity contribution in [2.45, 2.75) is 20.4 Å². The van der Waals surface area contributed by atoms with Crippen LogP contribution in [0.4, 0.5) is 0 Å². The summed E-state index contributed by atoms with van der Waals surface area (Å²) in [7, 11) is 1.81. The highest BCUT2D eigenvalue weighted by atomic mass is 79.9. The molecule has 0 saturated heterocycles. The van der Waals surface area contributed by atoms with E-state index in [4.69, 9.17) is 5.73 Å². The number of thiophene rings is 1. The highest BCUT2D eigenvalue weighted by molar-refractivity contribution is 9.11. The Morgan fingerprint density at radius 3 is 2.69 bits per heavy atom. The molecule has 90 valence electrons. The monoisotopic (exact) mass is 304 g/mol. The van der Waals surface area contributed by atoms with Gasteiger partial charge in [-0.05, 0) is 46.8 Å². The largest absolute Gasteiger partial charge is 0.341 e. The Kier molecular flexibility index (Phi) is 4.52. The smallest absolute Gasteiger partial charge is 0.229 e. The first-order valence-corrected chi connectivity index (χ1v) is 6.72. The van der Waals surface area contributed by atoms with E-state index in [-0.39, 0.29) is 5.91 Å². The molecule has 0 aromatic carbocycles. The molecular weight excluding hydrogens is 288 g/mol. The first-order valence-electron chi connectivity index (χ1n) is 5.05. The van der Waals surface area contributed by atoms with E-state index in [1.165, 1.54) is 0 Å². The van der Waals surface area contributed by atoms with Gasteiger partial charge in [0.05, 0.1) is 9.20 Å². The molecule has 1 aromatic rings. The van der Waals surface area contributed by atoms with E-state index in [1.807, 2.05) is 32.3 Å². The van der Waals surface area contributed by atoms with Gasteiger partial charge < -0.3 is 10.6 Å². The molecule has 1 heterocycles. The first kappa shape index (κ1) is 13.7. The van der Waals surface area contributed by atoms with Gasteiger partial charge in [0.25, 0.3) is 0 Å². The molecule has 0 atom stereocenters. The van der Waals surface area contributed by atoms with Gasteiger partial charge in [0, 0.05) is 20.1 Å². The number of amides is 1. The molecule has 2 N–H and O–H groups in total. The van der Waals surface area contributed by atoms with Crippen LogP contribution in [-0.2, 0) is 11.3 Å². The van der Waals surface area contributed by atoms with Crippen LogP contribution in [0.3, 0.4) is 0 Å². The Labute approximate surface area is 109 Å². The zero-order valence-corrected chi connectivity index (χ0v) is 12.2. The van der Waals surface area contributed by atoms with Gasteiger partial charge in [-0.25, -0.2) is 0 Å². The Bertz CT molecular complexity index is 376. The van der Waals surface area contributed by atoms with Crippen molar-refractivity contribution in [1.82, 2.24) is 4.90 Å². The summed E-state index contributed by atoms with van der Waals surface area (Å²) in [6, 6.07) is 2.03. The van der Waals surface area contributed by atoms with Crippen molar-refractivity contribution in [3.63, 3.8) is 0 Å². The third-order valence-corrected chi connectivity index (χ3v) is 4.03. The van der Waals surface area contributed by atoms with Crippen molar-refractivity contribution < 1.29 is 4.79 Å². The molecule has 0 bridgehead atoms. The minimum absolute atomic E-state index is 0.0809. The predicted molar refractivity (Wildman–Crippen MR) is 71.3 cm³/mol. The van der Waals surface area contributed by atoms with Gasteiger partial charge in [-0.1, -0.05) is 0 Å². The lowest BCUT2D eigenvalue weighted by Gasteiger charge is -2.27. The maximum atomic E-state index is 12.0. The van der Waals surface area contributed by atoms with Gasteiger partial charge in [0.15, 0.2) is 0 Å². The van der Waals surface area contributed by atoms with Gasteiger partial charge in [-0.3, -0.25) is 4.79 Å². The summed E-state index contributed by atoms with van der Waals surface area (Å²) in [6.45, 7) is 4.73. The lowest BCUT2D eigenvalue weighted by molar-refractivity contribution is -0.139. The first-order chi connectivity index (χ1) is 7.36. The summed E-state index contributed by atoms with van der Waals surface area (Å²) in [4.78, 5) is 13.8. The molecule has 0 aliphatic carbocycles. The number of rotatable bonds is 4. The minimum Gasteiger partial charge on any atom is -0.341 e. The van der Waals surface area contributed by atoms with Crippen molar-refractivity contribution >= 4 is 33.2 Å². The van der Waals surface area contributed by atoms with Crippen molar-refractivity contribution in [2.24, 2.45) is 11.1 Å². The molecule has 0 aliphatic rings. The van der Waals surface area contributed by atoms with Crippen LogP contribution in [0.1, 0.15) is 19.4 Å². The zero-order valence-electron chi connectivity index (χ0n) is 9.79. The van der Waals surface area contributed by atoms with E-state index in [0.29, 0.717) is 13.1 Å². The lowest BCUT2D eigenvalue weighted by atomic mass is 9.92. The summed E-state index contributed by atoms with van der Waals surface area (Å²) in [5.74, 6) is 0.0809. The number of carbonyl (C=O) groups excluding carboxylic acids is 1. The quantitative estimate of drug-likeness (QED) is 0.929. The average Bonchev–Trinajstić information content (AvgIpc) is 2.62. The second kappa shape index (κ2) is 5.29. The molecule has 3 nitrogen and oxygen atoms in total. The highest BCUT2D eigenvalue weighted by Gasteiger charge is 2.28. The number of hydrogen-bond donors (Lipinski definition) is 1. The third-order valence-electron chi connectivity index (χ3n) is 2.48. The number of hydrogen-bond acceptors (Lipinski definition) is 3. The lowest BCUT2D eigenvalue weighted by Crippen LogP contribution is -2.42. The van der Waals surface area contributed by atoms with Gasteiger partial charge in [-0.15, -0.1) is 11.3 Å². The van der Waals surface area contributed by atoms with Crippen LogP contribution in [0.2, 0.25) is 0 Å². The molecule has 0 aliphatic heterocycles. The van der Waals surface area contributed by atoms with Crippen molar-refractivity contribution in [2.75, 3.05) is 13.6 Å². The molecule has 1 aromatic heterocycles. The van der Waals surface area contributed by atoms with Gasteiger partial charge in [-0.2, -0.15) is 0 Å². The Morgan fingerprint density at radius 1 is 1.62 bits per heavy atom. The van der Waals surface area contributed by atoms with E-state index >= 15 is 0 Å². The summed E-state index contributed by atoms with van der Waals surface area (Å²) < 4.78 is 1.08. The maximum absolute atomic E-state index is 12.0. The van der Waals surface area contributed by atoms with Crippen LogP contribution >= 0.6 is 27.3 Å². The van der Waals surface area contributed by atoms with Crippen LogP contribution in [0.5, 0.6) is 0 Å². The molecule has 0 spiro atoms. The molecule has 1 amide bonds. The second-order valence-corrected chi connectivity index (χ2v) is 6.80. The molecule has 0 radical (unpaired) electrons. The van der Waals surface area contributed by atoms with Crippen LogP contribution < -0.4 is 5.73 Å². The van der Waals surface area contributed by atoms with E-state index in [0.717, 1.165) is 9.35 Å². The summed E-state index contributed by atoms with van der Waals surface area (Å²) in [6.07, 6.45) is 0. The molecule has 0 unspecified atom stereocenters. The number of nitrogens with zero attached hydrogens (tertiary/aromatic N) is 1. The zero-order chi connectivity index (χ0) is 12.3. The van der Waals surface area contributed by atoms with Crippen molar-refractivity contribution in [3.8, 4) is 0 Å². The van der Waals surface area contributed by atoms with Crippen LogP contribution in [0.25, 0.3) is 0 Å². The van der Waals surface area contributed by atoms with E-state index in [2.05, 4.69) is 15.9 Å². The Balaban J connectivity index is 2.65. The van der Waals surface area contributed by atoms with Gasteiger partial charge >= 0.3 is 0 Å². The Hall–Kier alpha value is -0.390. The van der Waals surface area contributed by atoms with Crippen LogP contribution in [0.15, 0.2) is 15.2 Å². The molecule has 16 heavy (non-hydrogen) atoms. The fraction of sp³-hybridized carbons (Fsp3) is 0.545. The fourth-order valence-corrected chi connectivity index (χ4v) is 2.58. The normalized spacial score (nSPS) is 11.6. The summed E-state index contributed by atoms with van der Waals surface area (Å²) in [5.41, 5.74) is 6.24. The second-order valence-electron chi connectivity index (χ2n) is 4.51. The topological polar surface area (TPSA) is 46.3 Å². The van der Waals surface area contributed by atoms with E-state index in [9.17, 15) is 4.79 Å². The predicted octanol–water partition coefficient (Wildman–Crippen LogP) is 2.45. The number of halogens is 1. The molecular formula is C11H17BrN2OS. The molecule has 1 rings (SSSR count). The number of carbonyl (C=O) groups is 1. The van der Waals surface area contributed by atoms with Gasteiger partial charge in [0.1, 0.15) is 0 Å². The summed E-state index contributed by atoms with van der Waals surface area (Å²) >= 11 is 5.03. The van der Waals surface area contributed by atoms with Crippen LogP contribution in [0, 0.1) is 5.41 Å². The fourth-order valence-electron chi connectivity index (χ4n) is 1.38. The minimum atomic E-state index is -0.484. The van der Waals surface area contributed by atoms with Crippen molar-refractivity contribution in [1.29, 1.82) is 0 Å². The van der Waals surface area contributed by atoms with E-state index in [1.54, 1.807) is 16.2 Å². The van der Waals surface area contributed by atoms with Gasteiger partial charge in [0.2, 0.25) is 5.91 Å². The Morgan fingerprint density at radius 2 is 2.25 bits per heavy atom. The molecule has 5 heteroatoms. The standard InChI is InChI=1S/C11H17BrN2OS/c1-11(2,7-13)10(15)14(3)5-8-4-9(12)16-6-8/h4,6H,5,7,13H2,1-3H3. The SMILES string of the molecule is CN(Cc1csc(Br)c1)C(=O)C(C)(C)CN. The highest BCUT2D eigenvalue weighted by Crippen LogP contribution is 2.23. The average molecular weight is 305 g/mol. The maximum Gasteiger partial charge on any atom is 0.229 e. The van der Waals surface area contributed by atoms with Crippen LogP contribution in [-0.4, -0.2) is 24.4 Å². The van der Waals surface area contributed by atoms with Crippen molar-refractivity contribution in [3.05, 3.63) is 20.8 Å². The molecule has 0 fully saturated rings. The molecule has 0 saturated carbocycles. The summed E-state index contributed by atoms with van der Waals surface area (Å²) in [5, 5.41) is 2.04. The number of nitrogens with two attached hydrogens (primary N) is 1. The third kappa shape index (κ3) is 3.30. The van der Waals surface area contributed by atoms with E-state index < -0.39 is 5.41 Å².